The third kappa shape index (κ3) is 16.7. The van der Waals surface area contributed by atoms with E-state index in [1.807, 2.05) is 170 Å². The van der Waals surface area contributed by atoms with Crippen LogP contribution < -0.4 is 19.6 Å². The number of hydrogen-bond acceptors (Lipinski definition) is 12. The predicted molar refractivity (Wildman–Crippen MR) is 586 cm³/mol. The fourth-order valence-electron chi connectivity index (χ4n) is 19.9. The van der Waals surface area contributed by atoms with E-state index in [2.05, 4.69) is 356 Å². The van der Waals surface area contributed by atoms with Crippen molar-refractivity contribution in [3.05, 3.63) is 540 Å². The summed E-state index contributed by atoms with van der Waals surface area (Å²) in [6.07, 6.45) is 1.78. The topological polar surface area (TPSA) is 165 Å². The summed E-state index contributed by atoms with van der Waals surface area (Å²) >= 11 is 0. The van der Waals surface area contributed by atoms with Gasteiger partial charge in [0.05, 0.1) is 22.1 Å². The van der Waals surface area contributed by atoms with Crippen molar-refractivity contribution in [3.63, 3.8) is 0 Å². The normalized spacial score (nSPS) is 11.4. The smallest absolute Gasteiger partial charge is 0.307 e. The molecular weight excluding hydrogens is 1790 g/mol. The summed E-state index contributed by atoms with van der Waals surface area (Å²) in [7, 11) is 0. The summed E-state index contributed by atoms with van der Waals surface area (Å²) in [5.41, 5.74) is 32.6. The molecule has 2 aliphatic heterocycles. The molecule has 0 unspecified atom stereocenters. The van der Waals surface area contributed by atoms with E-state index in [0.29, 0.717) is 34.2 Å². The first-order valence-corrected chi connectivity index (χ1v) is 47.5. The van der Waals surface area contributed by atoms with Gasteiger partial charge in [0.2, 0.25) is 11.4 Å². The molecule has 0 amide bonds. The first-order valence-electron chi connectivity index (χ1n) is 47.5. The summed E-state index contributed by atoms with van der Waals surface area (Å²) in [4.78, 5) is 51.4. The maximum atomic E-state index is 9.92. The molecule has 0 spiro atoms. The maximum absolute atomic E-state index is 9.92. The van der Waals surface area contributed by atoms with E-state index < -0.39 is 0 Å². The predicted octanol–water partition coefficient (Wildman–Crippen LogP) is 33.3. The van der Waals surface area contributed by atoms with Gasteiger partial charge in [-0.05, 0) is 241 Å². The maximum Gasteiger partial charge on any atom is 0.307 e. The second-order valence-corrected chi connectivity index (χ2v) is 35.0. The number of aromatic nitrogens is 8. The molecule has 0 radical (unpaired) electrons. The molecule has 18 aromatic carbocycles. The van der Waals surface area contributed by atoms with Crippen LogP contribution in [0.25, 0.3) is 142 Å². The van der Waals surface area contributed by atoms with E-state index >= 15 is 0 Å². The Kier molecular flexibility index (Phi) is 23.8. The molecule has 682 valence electrons. The van der Waals surface area contributed by atoms with Crippen LogP contribution in [0.4, 0.5) is 91.5 Å². The van der Waals surface area contributed by atoms with Gasteiger partial charge >= 0.3 is 11.6 Å². The summed E-state index contributed by atoms with van der Waals surface area (Å²) in [5, 5.41) is 24.6. The van der Waals surface area contributed by atoms with Crippen LogP contribution in [0.2, 0.25) is 0 Å². The number of nitrogens with zero attached hydrogens (tertiary/aromatic N) is 18. The fourth-order valence-corrected chi connectivity index (χ4v) is 19.9. The third-order valence-electron chi connectivity index (χ3n) is 26.6. The molecule has 25 rings (SSSR count). The van der Waals surface area contributed by atoms with Crippen molar-refractivity contribution in [1.82, 2.24) is 39.0 Å². The molecule has 5 aromatic heterocycles. The average Bonchev–Trinajstić information content (AvgIpc) is 1.31. The highest BCUT2D eigenvalue weighted by atomic mass is 15.2. The number of benzene rings is 18. The molecule has 0 fully saturated rings. The minimum Gasteiger partial charge on any atom is -0.370 e. The molecular formula is C128H80N18. The SMILES string of the molecule is [C-]#[N+]c1nc(-c2ccc(-n3c4ccccc4c4ccccc43)cc2)c(-c2ccc(-n3c4ccccc4c4ccccc43)cc2)nc1[N+]#[C-].[C-]#[N+]c1nc(-c2ccc(N(c3ccccc3)c3ccccc3)cc2)c(-c2ccc(N(c3ccccc3)c3ccccc3)cc2)nc1C#N.[C-]#[N+]c1nc(-c2ccc(N3c4ccccc4Cc4ccccc43)cc2)c(-c2ccc(N3c4ccccc4Cc4ccccc43)cc2)nc1C#N. The Balaban J connectivity index is 0.000000121. The molecule has 0 atom stereocenters. The Hall–Kier alpha value is -21.1. The van der Waals surface area contributed by atoms with Crippen LogP contribution in [0.3, 0.4) is 0 Å². The number of fused-ring (bicyclic) bond motifs is 10. The monoisotopic (exact) mass is 1870 g/mol. The standard InChI is InChI=1S/C44H28N6.C42H24N6.C42H28N6/c1-46-44-37(28-45)47-42(29-18-22-35(23-19-29)49-38-14-6-2-10-31(38)26-32-11-3-7-15-39(32)49)43(48-44)30-20-24-36(25-21-30)50-40-16-8-4-12-33(40)27-34-13-5-9-17-41(34)50;1-43-41-42(44-2)46-40(28-21-25-30(26-22-28)48-37-17-9-5-13-33(37)34-14-6-10-18-38(34)48)39(45-41)27-19-23-29(24-20-27)47-35-15-7-3-11-31(35)32-12-4-8-16-36(32)47;1-44-42-39(30-43)45-40(31-22-26-37(27-23-31)47(33-14-6-2-7-15-33)34-16-8-3-9-17-34)41(46-42)32-24-28-38(29-25-32)48(35-18-10-4-11-19-35)36-20-12-5-13-21-36/h2-25H,26-27H2;3-26H;2-29H. The largest absolute Gasteiger partial charge is 0.370 e. The van der Waals surface area contributed by atoms with Crippen molar-refractivity contribution in [2.75, 3.05) is 19.6 Å². The van der Waals surface area contributed by atoms with E-state index in [1.165, 1.54) is 43.8 Å². The second kappa shape index (κ2) is 39.1. The van der Waals surface area contributed by atoms with Crippen LogP contribution in [0.1, 0.15) is 33.6 Å². The van der Waals surface area contributed by atoms with Crippen molar-refractivity contribution in [2.45, 2.75) is 12.8 Å². The van der Waals surface area contributed by atoms with Crippen molar-refractivity contribution in [1.29, 1.82) is 10.5 Å². The number of hydrogen-bond donors (Lipinski definition) is 0. The average molecular weight is 1870 g/mol. The molecule has 0 saturated heterocycles. The Morgan fingerprint density at radius 1 is 0.212 bits per heavy atom. The van der Waals surface area contributed by atoms with Crippen LogP contribution in [-0.2, 0) is 12.8 Å². The van der Waals surface area contributed by atoms with Gasteiger partial charge < -0.3 is 48.1 Å². The first-order chi connectivity index (χ1) is 72.2. The highest BCUT2D eigenvalue weighted by Crippen LogP contribution is 2.50. The summed E-state index contributed by atoms with van der Waals surface area (Å²) in [6, 6.07) is 162. The minimum absolute atomic E-state index is 0.000949. The zero-order valence-corrected chi connectivity index (χ0v) is 78.3. The van der Waals surface area contributed by atoms with E-state index in [-0.39, 0.29) is 34.7 Å². The lowest BCUT2D eigenvalue weighted by atomic mass is 9.94. The summed E-state index contributed by atoms with van der Waals surface area (Å²) in [5.74, 6) is -0.0342. The number of rotatable bonds is 16. The van der Waals surface area contributed by atoms with Gasteiger partial charge in [-0.3, -0.25) is 0 Å². The van der Waals surface area contributed by atoms with E-state index in [1.54, 1.807) is 0 Å². The van der Waals surface area contributed by atoms with E-state index in [4.69, 9.17) is 51.2 Å². The van der Waals surface area contributed by atoms with Gasteiger partial charge in [-0.25, -0.2) is 9.97 Å². The highest BCUT2D eigenvalue weighted by molar-refractivity contribution is 6.11. The molecule has 0 aliphatic carbocycles. The lowest BCUT2D eigenvalue weighted by molar-refractivity contribution is 1.09. The lowest BCUT2D eigenvalue weighted by Gasteiger charge is -2.33. The molecule has 0 bridgehead atoms. The molecule has 146 heavy (non-hydrogen) atoms. The van der Waals surface area contributed by atoms with Gasteiger partial charge in [0.25, 0.3) is 11.6 Å². The third-order valence-corrected chi connectivity index (χ3v) is 26.6. The lowest BCUT2D eigenvalue weighted by Crippen LogP contribution is -2.18. The van der Waals surface area contributed by atoms with Gasteiger partial charge in [-0.2, -0.15) is 10.5 Å². The quantitative estimate of drug-likeness (QED) is 0.0842. The van der Waals surface area contributed by atoms with Crippen LogP contribution in [0.5, 0.6) is 0 Å². The zero-order valence-electron chi connectivity index (χ0n) is 78.3. The number of nitriles is 2. The molecule has 7 heterocycles. The molecule has 23 aromatic rings. The molecule has 0 N–H and O–H groups in total. The van der Waals surface area contributed by atoms with Gasteiger partial charge in [0.15, 0.2) is 22.8 Å². The Labute approximate surface area is 842 Å². The Morgan fingerprint density at radius 3 is 0.671 bits per heavy atom. The Bertz CT molecular complexity index is 8420. The van der Waals surface area contributed by atoms with E-state index in [9.17, 15) is 10.5 Å². The first kappa shape index (κ1) is 88.9. The van der Waals surface area contributed by atoms with Gasteiger partial charge in [0.1, 0.15) is 23.5 Å². The minimum atomic E-state index is -0.0218. The van der Waals surface area contributed by atoms with Crippen LogP contribution in [0, 0.1) is 49.0 Å². The molecule has 2 aliphatic rings. The molecule has 18 heteroatoms. The fraction of sp³-hybridized carbons (Fsp3) is 0.0156. The second-order valence-electron chi connectivity index (χ2n) is 35.0. The highest BCUT2D eigenvalue weighted by Gasteiger charge is 2.31. The van der Waals surface area contributed by atoms with Crippen LogP contribution in [0.15, 0.2) is 461 Å². The van der Waals surface area contributed by atoms with Gasteiger partial charge in [-0.1, -0.05) is 269 Å². The van der Waals surface area contributed by atoms with Gasteiger partial charge in [0, 0.05) is 147 Å². The molecule has 0 saturated carbocycles. The molecule has 18 nitrogen and oxygen atoms in total. The summed E-state index contributed by atoms with van der Waals surface area (Å²) < 4.78 is 4.53. The van der Waals surface area contributed by atoms with E-state index in [0.717, 1.165) is 148 Å². The summed E-state index contributed by atoms with van der Waals surface area (Å²) in [6.45, 7) is 30.9. The van der Waals surface area contributed by atoms with Crippen molar-refractivity contribution in [3.8, 4) is 91.1 Å². The Morgan fingerprint density at radius 2 is 0.418 bits per heavy atom. The van der Waals surface area contributed by atoms with Crippen molar-refractivity contribution in [2.24, 2.45) is 0 Å². The number of para-hydroxylation sites is 12. The van der Waals surface area contributed by atoms with Gasteiger partial charge in [-0.15, -0.1) is 19.9 Å². The van der Waals surface area contributed by atoms with Crippen molar-refractivity contribution >= 4 is 135 Å². The zero-order chi connectivity index (χ0) is 98.5. The van der Waals surface area contributed by atoms with Crippen LogP contribution in [-0.4, -0.2) is 39.0 Å². The number of anilines is 12. The van der Waals surface area contributed by atoms with Crippen molar-refractivity contribution < 1.29 is 0 Å². The van der Waals surface area contributed by atoms with Crippen LogP contribution >= 0.6 is 0 Å².